The molecular formula is C23H23ClFN5OS. The third-order valence-electron chi connectivity index (χ3n) is 5.17. The molecule has 0 spiro atoms. The molecule has 1 fully saturated rings. The lowest BCUT2D eigenvalue weighted by Crippen LogP contribution is -2.47. The molecule has 3 aromatic rings. The fraction of sp³-hybridized carbons (Fsp3) is 0.261. The van der Waals surface area contributed by atoms with Gasteiger partial charge in [0, 0.05) is 32.2 Å². The molecule has 0 saturated carbocycles. The number of rotatable bonds is 6. The highest BCUT2D eigenvalue weighted by atomic mass is 35.5. The van der Waals surface area contributed by atoms with Crippen LogP contribution in [0, 0.1) is 12.7 Å². The van der Waals surface area contributed by atoms with Crippen LogP contribution in [-0.4, -0.2) is 47.8 Å². The number of nitrogens with one attached hydrogen (secondary N) is 1. The molecule has 0 bridgehead atoms. The summed E-state index contributed by atoms with van der Waals surface area (Å²) in [6.07, 6.45) is 1.51. The number of thioether (sulfide) groups is 1. The Morgan fingerprint density at radius 1 is 1.09 bits per heavy atom. The Labute approximate surface area is 195 Å². The van der Waals surface area contributed by atoms with Crippen molar-refractivity contribution in [3.8, 4) is 0 Å². The van der Waals surface area contributed by atoms with Gasteiger partial charge in [0.25, 0.3) is 0 Å². The fourth-order valence-electron chi connectivity index (χ4n) is 3.51. The first kappa shape index (κ1) is 22.4. The van der Waals surface area contributed by atoms with Crippen LogP contribution in [0.25, 0.3) is 0 Å². The van der Waals surface area contributed by atoms with Crippen molar-refractivity contribution < 1.29 is 9.18 Å². The molecule has 1 aliphatic rings. The molecule has 0 atom stereocenters. The van der Waals surface area contributed by atoms with Gasteiger partial charge in [0.15, 0.2) is 0 Å². The van der Waals surface area contributed by atoms with Crippen LogP contribution in [0.2, 0.25) is 5.02 Å². The molecule has 166 valence electrons. The van der Waals surface area contributed by atoms with Gasteiger partial charge in [-0.1, -0.05) is 41.6 Å². The predicted octanol–water partition coefficient (Wildman–Crippen LogP) is 4.63. The van der Waals surface area contributed by atoms with E-state index in [0.717, 1.165) is 29.5 Å². The van der Waals surface area contributed by atoms with Gasteiger partial charge in [0.2, 0.25) is 5.91 Å². The van der Waals surface area contributed by atoms with E-state index in [-0.39, 0.29) is 17.5 Å². The topological polar surface area (TPSA) is 61.4 Å². The van der Waals surface area contributed by atoms with Crippen molar-refractivity contribution in [2.45, 2.75) is 11.9 Å². The number of carbonyl (C=O) groups excluding carboxylic acids is 1. The number of amides is 1. The van der Waals surface area contributed by atoms with Gasteiger partial charge in [0.1, 0.15) is 23.0 Å². The molecule has 0 aliphatic carbocycles. The normalized spacial score (nSPS) is 13.8. The zero-order valence-corrected chi connectivity index (χ0v) is 19.2. The van der Waals surface area contributed by atoms with E-state index >= 15 is 0 Å². The minimum absolute atomic E-state index is 0.153. The lowest BCUT2D eigenvalue weighted by molar-refractivity contribution is -0.113. The Balaban J connectivity index is 1.32. The third kappa shape index (κ3) is 5.49. The van der Waals surface area contributed by atoms with Crippen molar-refractivity contribution >= 4 is 46.5 Å². The maximum atomic E-state index is 14.1. The van der Waals surface area contributed by atoms with Gasteiger partial charge in [-0.25, -0.2) is 14.4 Å². The summed E-state index contributed by atoms with van der Waals surface area (Å²) in [5.74, 6) is 0.658. The average molecular weight is 472 g/mol. The van der Waals surface area contributed by atoms with Crippen LogP contribution < -0.4 is 15.1 Å². The monoisotopic (exact) mass is 471 g/mol. The van der Waals surface area contributed by atoms with Crippen molar-refractivity contribution in [3.05, 3.63) is 71.3 Å². The number of aryl methyl sites for hydroxylation is 1. The number of benzene rings is 2. The SMILES string of the molecule is Cc1ccc(NC(=O)CSc2cc(N3CCN(c4ccccc4F)CC3)ncn2)c(Cl)c1. The summed E-state index contributed by atoms with van der Waals surface area (Å²) in [5.41, 5.74) is 2.26. The standard InChI is InChI=1S/C23H23ClFN5OS/c1-16-6-7-19(17(24)12-16)28-22(31)14-32-23-13-21(26-15-27-23)30-10-8-29(9-11-30)20-5-3-2-4-18(20)25/h2-7,12-13,15H,8-11,14H2,1H3,(H,28,31). The van der Waals surface area contributed by atoms with Crippen LogP contribution >= 0.6 is 23.4 Å². The maximum absolute atomic E-state index is 14.1. The Morgan fingerprint density at radius 2 is 1.84 bits per heavy atom. The van der Waals surface area contributed by atoms with Gasteiger partial charge >= 0.3 is 0 Å². The van der Waals surface area contributed by atoms with Crippen LogP contribution in [0.3, 0.4) is 0 Å². The second-order valence-corrected chi connectivity index (χ2v) is 8.86. The molecule has 6 nitrogen and oxygen atoms in total. The van der Waals surface area contributed by atoms with E-state index in [1.54, 1.807) is 18.2 Å². The number of halogens is 2. The van der Waals surface area contributed by atoms with Crippen molar-refractivity contribution in [3.63, 3.8) is 0 Å². The van der Waals surface area contributed by atoms with Crippen molar-refractivity contribution in [2.75, 3.05) is 47.0 Å². The van der Waals surface area contributed by atoms with Crippen LogP contribution in [0.15, 0.2) is 59.9 Å². The van der Waals surface area contributed by atoms with Crippen LogP contribution in [0.1, 0.15) is 5.56 Å². The first-order valence-electron chi connectivity index (χ1n) is 10.2. The third-order valence-corrected chi connectivity index (χ3v) is 6.41. The number of piperazine rings is 1. The average Bonchev–Trinajstić information content (AvgIpc) is 2.80. The molecule has 1 aliphatic heterocycles. The summed E-state index contributed by atoms with van der Waals surface area (Å²) < 4.78 is 14.1. The van der Waals surface area contributed by atoms with Crippen LogP contribution in [-0.2, 0) is 4.79 Å². The lowest BCUT2D eigenvalue weighted by Gasteiger charge is -2.36. The quantitative estimate of drug-likeness (QED) is 0.417. The number of anilines is 3. The first-order valence-corrected chi connectivity index (χ1v) is 11.6. The molecule has 0 radical (unpaired) electrons. The van der Waals surface area contributed by atoms with Gasteiger partial charge in [0.05, 0.1) is 22.2 Å². The number of nitrogens with zero attached hydrogens (tertiary/aromatic N) is 4. The lowest BCUT2D eigenvalue weighted by atomic mass is 10.2. The van der Waals surface area contributed by atoms with Crippen molar-refractivity contribution in [1.82, 2.24) is 9.97 Å². The fourth-order valence-corrected chi connectivity index (χ4v) is 4.46. The largest absolute Gasteiger partial charge is 0.366 e. The zero-order valence-electron chi connectivity index (χ0n) is 17.6. The minimum Gasteiger partial charge on any atom is -0.366 e. The van der Waals surface area contributed by atoms with E-state index in [1.807, 2.05) is 36.1 Å². The molecule has 1 N–H and O–H groups in total. The summed E-state index contributed by atoms with van der Waals surface area (Å²) in [5, 5.41) is 4.06. The molecule has 2 heterocycles. The molecular weight excluding hydrogens is 449 g/mol. The predicted molar refractivity (Wildman–Crippen MR) is 128 cm³/mol. The molecule has 4 rings (SSSR count). The molecule has 1 amide bonds. The summed E-state index contributed by atoms with van der Waals surface area (Å²) in [4.78, 5) is 25.2. The summed E-state index contributed by atoms with van der Waals surface area (Å²) in [6, 6.07) is 14.2. The first-order chi connectivity index (χ1) is 15.5. The number of hydrogen-bond donors (Lipinski definition) is 1. The number of hydrogen-bond acceptors (Lipinski definition) is 6. The van der Waals surface area contributed by atoms with Gasteiger partial charge in [-0.3, -0.25) is 4.79 Å². The highest BCUT2D eigenvalue weighted by Gasteiger charge is 2.20. The van der Waals surface area contributed by atoms with Crippen molar-refractivity contribution in [1.29, 1.82) is 0 Å². The second kappa shape index (κ2) is 10.2. The van der Waals surface area contributed by atoms with Gasteiger partial charge in [-0.15, -0.1) is 0 Å². The summed E-state index contributed by atoms with van der Waals surface area (Å²) in [6.45, 7) is 4.80. The number of para-hydroxylation sites is 1. The van der Waals surface area contributed by atoms with E-state index in [9.17, 15) is 9.18 Å². The Morgan fingerprint density at radius 3 is 2.59 bits per heavy atom. The second-order valence-electron chi connectivity index (χ2n) is 7.46. The number of carbonyl (C=O) groups is 1. The van der Waals surface area contributed by atoms with E-state index in [2.05, 4.69) is 20.2 Å². The van der Waals surface area contributed by atoms with E-state index in [4.69, 9.17) is 11.6 Å². The molecule has 0 unspecified atom stereocenters. The molecule has 1 aromatic heterocycles. The van der Waals surface area contributed by atoms with Crippen molar-refractivity contribution in [2.24, 2.45) is 0 Å². The Hall–Kier alpha value is -2.84. The molecule has 2 aromatic carbocycles. The van der Waals surface area contributed by atoms with Crippen LogP contribution in [0.5, 0.6) is 0 Å². The maximum Gasteiger partial charge on any atom is 0.234 e. The van der Waals surface area contributed by atoms with Crippen LogP contribution in [0.4, 0.5) is 21.6 Å². The zero-order chi connectivity index (χ0) is 22.5. The highest BCUT2D eigenvalue weighted by Crippen LogP contribution is 2.25. The molecule has 1 saturated heterocycles. The highest BCUT2D eigenvalue weighted by molar-refractivity contribution is 7.99. The number of aromatic nitrogens is 2. The Kier molecular flexibility index (Phi) is 7.12. The Bertz CT molecular complexity index is 1110. The van der Waals surface area contributed by atoms with Gasteiger partial charge in [-0.2, -0.15) is 0 Å². The van der Waals surface area contributed by atoms with E-state index < -0.39 is 0 Å². The minimum atomic E-state index is -0.202. The summed E-state index contributed by atoms with van der Waals surface area (Å²) in [7, 11) is 0. The molecule has 32 heavy (non-hydrogen) atoms. The van der Waals surface area contributed by atoms with E-state index in [1.165, 1.54) is 24.2 Å². The van der Waals surface area contributed by atoms with E-state index in [0.29, 0.717) is 29.5 Å². The van der Waals surface area contributed by atoms with Gasteiger partial charge in [-0.05, 0) is 36.8 Å². The van der Waals surface area contributed by atoms with Gasteiger partial charge < -0.3 is 15.1 Å². The smallest absolute Gasteiger partial charge is 0.234 e. The summed E-state index contributed by atoms with van der Waals surface area (Å²) >= 11 is 7.53. The molecule has 9 heteroatoms.